The van der Waals surface area contributed by atoms with E-state index in [4.69, 9.17) is 9.16 Å². The molecule has 0 saturated carbocycles. The molecule has 0 N–H and O–H groups in total. The molecule has 4 rings (SSSR count). The second-order valence-corrected chi connectivity index (χ2v) is 15.2. The van der Waals surface area contributed by atoms with Crippen LogP contribution in [0.4, 0.5) is 0 Å². The van der Waals surface area contributed by atoms with E-state index in [2.05, 4.69) is 107 Å². The number of esters is 1. The molecule has 1 aliphatic rings. The Bertz CT molecular complexity index is 1170. The van der Waals surface area contributed by atoms with Gasteiger partial charge in [-0.1, -0.05) is 101 Å². The molecular formula is C32H38O3Si. The number of rotatable bonds is 7. The van der Waals surface area contributed by atoms with Gasteiger partial charge in [-0.05, 0) is 64.9 Å². The maximum absolute atomic E-state index is 12.0. The lowest BCUT2D eigenvalue weighted by Gasteiger charge is -2.43. The third-order valence-corrected chi connectivity index (χ3v) is 12.3. The molecule has 0 spiro atoms. The molecule has 4 heteroatoms. The normalized spacial score (nSPS) is 18.0. The van der Waals surface area contributed by atoms with Crippen molar-refractivity contribution in [2.45, 2.75) is 64.3 Å². The standard InChI is InChI=1S/C32H38O3Si/c1-6-34-30(33)21-23-32(5)22-13-14-25-24-26(19-20-29(25)32)35-36(31(2,3)4,27-15-9-7-10-16-27)28-17-11-8-12-18-28/h7-12,15-21,23-24H,6,13-14,22H2,1-5H3. The third-order valence-electron chi connectivity index (χ3n) is 7.40. The van der Waals surface area contributed by atoms with Gasteiger partial charge < -0.3 is 9.16 Å². The summed E-state index contributed by atoms with van der Waals surface area (Å²) < 4.78 is 12.4. The van der Waals surface area contributed by atoms with Gasteiger partial charge in [-0.2, -0.15) is 0 Å². The topological polar surface area (TPSA) is 35.5 Å². The molecule has 0 radical (unpaired) electrons. The van der Waals surface area contributed by atoms with Crippen molar-refractivity contribution in [2.75, 3.05) is 6.61 Å². The summed E-state index contributed by atoms with van der Waals surface area (Å²) in [5.41, 5.74) is 2.37. The van der Waals surface area contributed by atoms with E-state index < -0.39 is 8.32 Å². The predicted octanol–water partition coefficient (Wildman–Crippen LogP) is 6.34. The molecule has 0 saturated heterocycles. The highest BCUT2D eigenvalue weighted by atomic mass is 28.4. The number of hydrogen-bond donors (Lipinski definition) is 0. The molecule has 0 heterocycles. The van der Waals surface area contributed by atoms with Crippen molar-refractivity contribution in [1.82, 2.24) is 0 Å². The molecule has 0 fully saturated rings. The monoisotopic (exact) mass is 498 g/mol. The molecular weight excluding hydrogens is 460 g/mol. The Morgan fingerprint density at radius 2 is 1.58 bits per heavy atom. The first-order valence-corrected chi connectivity index (χ1v) is 14.9. The van der Waals surface area contributed by atoms with E-state index in [1.807, 2.05) is 13.0 Å². The molecule has 188 valence electrons. The highest BCUT2D eigenvalue weighted by Gasteiger charge is 2.52. The summed E-state index contributed by atoms with van der Waals surface area (Å²) in [6.45, 7) is 11.3. The zero-order chi connectivity index (χ0) is 25.8. The van der Waals surface area contributed by atoms with Crippen LogP contribution in [0, 0.1) is 0 Å². The molecule has 0 bridgehead atoms. The van der Waals surface area contributed by atoms with Crippen molar-refractivity contribution in [1.29, 1.82) is 0 Å². The summed E-state index contributed by atoms with van der Waals surface area (Å²) >= 11 is 0. The van der Waals surface area contributed by atoms with E-state index in [1.54, 1.807) is 6.08 Å². The van der Waals surface area contributed by atoms with Crippen molar-refractivity contribution in [3.8, 4) is 5.75 Å². The molecule has 0 aromatic heterocycles. The third kappa shape index (κ3) is 5.05. The fraction of sp³-hybridized carbons (Fsp3) is 0.344. The van der Waals surface area contributed by atoms with E-state index in [9.17, 15) is 4.79 Å². The first kappa shape index (κ1) is 26.0. The summed E-state index contributed by atoms with van der Waals surface area (Å²) in [6.07, 6.45) is 6.69. The number of benzene rings is 3. The minimum absolute atomic E-state index is 0.0947. The van der Waals surface area contributed by atoms with Gasteiger partial charge >= 0.3 is 14.3 Å². The first-order valence-electron chi connectivity index (χ1n) is 13.0. The molecule has 36 heavy (non-hydrogen) atoms. The Hall–Kier alpha value is -3.11. The van der Waals surface area contributed by atoms with Crippen LogP contribution in [0.25, 0.3) is 0 Å². The van der Waals surface area contributed by atoms with Crippen LogP contribution in [0.1, 0.15) is 58.6 Å². The van der Waals surface area contributed by atoms with Gasteiger partial charge in [0.25, 0.3) is 0 Å². The van der Waals surface area contributed by atoms with Gasteiger partial charge in [0.2, 0.25) is 0 Å². The lowest BCUT2D eigenvalue weighted by molar-refractivity contribution is -0.137. The maximum atomic E-state index is 12.0. The van der Waals surface area contributed by atoms with Gasteiger partial charge in [-0.3, -0.25) is 0 Å². The number of carbonyl (C=O) groups excluding carboxylic acids is 1. The lowest BCUT2D eigenvalue weighted by Crippen LogP contribution is -2.68. The van der Waals surface area contributed by atoms with Gasteiger partial charge in [0.15, 0.2) is 0 Å². The van der Waals surface area contributed by atoms with E-state index in [0.717, 1.165) is 25.0 Å². The van der Waals surface area contributed by atoms with Gasteiger partial charge in [-0.15, -0.1) is 0 Å². The Balaban J connectivity index is 1.78. The number of allylic oxidation sites excluding steroid dienone is 1. The number of ether oxygens (including phenoxy) is 1. The van der Waals surface area contributed by atoms with Crippen molar-refractivity contribution in [2.24, 2.45) is 0 Å². The van der Waals surface area contributed by atoms with E-state index >= 15 is 0 Å². The second kappa shape index (κ2) is 10.5. The molecule has 1 aliphatic carbocycles. The molecule has 1 unspecified atom stereocenters. The van der Waals surface area contributed by atoms with E-state index in [0.29, 0.717) is 6.61 Å². The Morgan fingerprint density at radius 3 is 2.14 bits per heavy atom. The van der Waals surface area contributed by atoms with Gasteiger partial charge in [0.1, 0.15) is 5.75 Å². The van der Waals surface area contributed by atoms with Crippen LogP contribution in [-0.4, -0.2) is 20.9 Å². The van der Waals surface area contributed by atoms with Crippen molar-refractivity contribution in [3.05, 3.63) is 102 Å². The number of carbonyl (C=O) groups is 1. The average molecular weight is 499 g/mol. The Labute approximate surface area is 217 Å². The number of aryl methyl sites for hydroxylation is 1. The zero-order valence-corrected chi connectivity index (χ0v) is 23.2. The van der Waals surface area contributed by atoms with Crippen LogP contribution >= 0.6 is 0 Å². The molecule has 3 aromatic rings. The maximum Gasteiger partial charge on any atom is 0.330 e. The quantitative estimate of drug-likeness (QED) is 0.217. The highest BCUT2D eigenvalue weighted by Crippen LogP contribution is 2.42. The summed E-state index contributed by atoms with van der Waals surface area (Å²) in [7, 11) is -2.69. The molecule has 0 aliphatic heterocycles. The minimum Gasteiger partial charge on any atom is -0.534 e. The summed E-state index contributed by atoms with van der Waals surface area (Å²) in [4.78, 5) is 12.0. The largest absolute Gasteiger partial charge is 0.534 e. The summed E-state index contributed by atoms with van der Waals surface area (Å²) in [5, 5.41) is 2.44. The van der Waals surface area contributed by atoms with Crippen molar-refractivity contribution >= 4 is 24.7 Å². The van der Waals surface area contributed by atoms with E-state index in [-0.39, 0.29) is 16.4 Å². The lowest BCUT2D eigenvalue weighted by atomic mass is 9.71. The highest BCUT2D eigenvalue weighted by molar-refractivity contribution is 7.00. The van der Waals surface area contributed by atoms with Crippen LogP contribution in [0.3, 0.4) is 0 Å². The summed E-state index contributed by atoms with van der Waals surface area (Å²) in [6, 6.07) is 28.1. The van der Waals surface area contributed by atoms with Crippen molar-refractivity contribution < 1.29 is 14.0 Å². The Kier molecular flexibility index (Phi) is 7.56. The minimum atomic E-state index is -2.69. The number of hydrogen-bond acceptors (Lipinski definition) is 3. The Morgan fingerprint density at radius 1 is 0.972 bits per heavy atom. The van der Waals surface area contributed by atoms with Gasteiger partial charge in [0.05, 0.1) is 6.61 Å². The van der Waals surface area contributed by atoms with Gasteiger partial charge in [0, 0.05) is 11.5 Å². The van der Waals surface area contributed by atoms with Crippen LogP contribution < -0.4 is 14.8 Å². The predicted molar refractivity (Wildman–Crippen MR) is 151 cm³/mol. The van der Waals surface area contributed by atoms with Gasteiger partial charge in [-0.25, -0.2) is 4.79 Å². The fourth-order valence-corrected chi connectivity index (χ4v) is 10.0. The van der Waals surface area contributed by atoms with Crippen LogP contribution in [-0.2, 0) is 21.4 Å². The fourth-order valence-electron chi connectivity index (χ4n) is 5.62. The molecule has 0 amide bonds. The number of fused-ring (bicyclic) bond motifs is 1. The molecule has 3 aromatic carbocycles. The second-order valence-electron chi connectivity index (χ2n) is 10.9. The zero-order valence-electron chi connectivity index (χ0n) is 22.2. The van der Waals surface area contributed by atoms with E-state index in [1.165, 1.54) is 21.5 Å². The van der Waals surface area contributed by atoms with Crippen LogP contribution in [0.2, 0.25) is 5.04 Å². The smallest absolute Gasteiger partial charge is 0.330 e. The van der Waals surface area contributed by atoms with Crippen LogP contribution in [0.15, 0.2) is 91.0 Å². The molecule has 3 nitrogen and oxygen atoms in total. The van der Waals surface area contributed by atoms with Crippen molar-refractivity contribution in [3.63, 3.8) is 0 Å². The first-order chi connectivity index (χ1) is 17.2. The SMILES string of the molecule is CCOC(=O)C=CC1(C)CCCc2cc(O[Si](c3ccccc3)(c3ccccc3)C(C)(C)C)ccc21. The summed E-state index contributed by atoms with van der Waals surface area (Å²) in [5.74, 6) is 0.638. The molecule has 1 atom stereocenters. The van der Waals surface area contributed by atoms with Crippen LogP contribution in [0.5, 0.6) is 5.75 Å². The average Bonchev–Trinajstić information content (AvgIpc) is 2.87.